The molecule has 2 unspecified atom stereocenters. The zero-order valence-electron chi connectivity index (χ0n) is 12.4. The second-order valence-electron chi connectivity index (χ2n) is 6.69. The van der Waals surface area contributed by atoms with Gasteiger partial charge < -0.3 is 10.2 Å². The number of aliphatic hydroxyl groups is 2. The Morgan fingerprint density at radius 1 is 1.11 bits per heavy atom. The molecule has 0 bridgehead atoms. The molecule has 0 heterocycles. The molecule has 1 rings (SSSR count). The van der Waals surface area contributed by atoms with Gasteiger partial charge in [0.15, 0.2) is 0 Å². The minimum atomic E-state index is -0.122. The summed E-state index contributed by atoms with van der Waals surface area (Å²) in [6.45, 7) is 7.07. The van der Waals surface area contributed by atoms with Crippen LogP contribution in [0.3, 0.4) is 0 Å². The average molecular weight is 256 g/mol. The van der Waals surface area contributed by atoms with Gasteiger partial charge in [-0.3, -0.25) is 0 Å². The van der Waals surface area contributed by atoms with Crippen LogP contribution in [-0.4, -0.2) is 22.9 Å². The molecule has 0 amide bonds. The molecule has 2 atom stereocenters. The molecule has 1 fully saturated rings. The molecule has 0 radical (unpaired) electrons. The van der Waals surface area contributed by atoms with Crippen LogP contribution in [0.25, 0.3) is 0 Å². The highest BCUT2D eigenvalue weighted by Crippen LogP contribution is 2.34. The molecule has 0 aromatic carbocycles. The summed E-state index contributed by atoms with van der Waals surface area (Å²) in [5.41, 5.74) is 0. The van der Waals surface area contributed by atoms with Crippen LogP contribution in [0.1, 0.15) is 65.7 Å². The monoisotopic (exact) mass is 256 g/mol. The maximum atomic E-state index is 10.4. The van der Waals surface area contributed by atoms with E-state index in [0.29, 0.717) is 17.8 Å². The Morgan fingerprint density at radius 3 is 2.22 bits per heavy atom. The fourth-order valence-electron chi connectivity index (χ4n) is 3.25. The molecule has 0 aromatic rings. The first-order valence-corrected chi connectivity index (χ1v) is 7.83. The van der Waals surface area contributed by atoms with Crippen molar-refractivity contribution in [3.8, 4) is 0 Å². The molecule has 108 valence electrons. The third-order valence-electron chi connectivity index (χ3n) is 4.82. The lowest BCUT2D eigenvalue weighted by atomic mass is 9.76. The molecule has 0 spiro atoms. The van der Waals surface area contributed by atoms with Crippen molar-refractivity contribution >= 4 is 0 Å². The highest BCUT2D eigenvalue weighted by molar-refractivity contribution is 4.78. The van der Waals surface area contributed by atoms with Gasteiger partial charge in [0.2, 0.25) is 0 Å². The molecule has 1 aliphatic rings. The maximum absolute atomic E-state index is 10.4. The molecule has 2 nitrogen and oxygen atoms in total. The molecule has 2 N–H and O–H groups in total. The van der Waals surface area contributed by atoms with Crippen LogP contribution < -0.4 is 0 Å². The standard InChI is InChI=1S/C16H32O2/c1-12(2)15(5-4-10-17)11-16(18)14-8-6-13(3)7-9-14/h12-18H,4-11H2,1-3H3. The fraction of sp³-hybridized carbons (Fsp3) is 1.00. The molecule has 0 aliphatic heterocycles. The molecule has 0 saturated heterocycles. The topological polar surface area (TPSA) is 40.5 Å². The summed E-state index contributed by atoms with van der Waals surface area (Å²) in [6, 6.07) is 0. The second-order valence-corrected chi connectivity index (χ2v) is 6.69. The van der Waals surface area contributed by atoms with Crippen LogP contribution in [0.2, 0.25) is 0 Å². The first-order valence-electron chi connectivity index (χ1n) is 7.83. The van der Waals surface area contributed by atoms with Gasteiger partial charge in [-0.05, 0) is 55.8 Å². The summed E-state index contributed by atoms with van der Waals surface area (Å²) >= 11 is 0. The van der Waals surface area contributed by atoms with E-state index in [1.807, 2.05) is 0 Å². The normalized spacial score (nSPS) is 28.3. The van der Waals surface area contributed by atoms with Gasteiger partial charge in [0.1, 0.15) is 0 Å². The van der Waals surface area contributed by atoms with E-state index in [0.717, 1.165) is 25.2 Å². The Kier molecular flexibility index (Phi) is 7.25. The highest BCUT2D eigenvalue weighted by Gasteiger charge is 2.27. The van der Waals surface area contributed by atoms with E-state index in [2.05, 4.69) is 20.8 Å². The summed E-state index contributed by atoms with van der Waals surface area (Å²) < 4.78 is 0. The summed E-state index contributed by atoms with van der Waals surface area (Å²) in [6.07, 6.45) is 7.70. The van der Waals surface area contributed by atoms with Crippen molar-refractivity contribution in [2.45, 2.75) is 71.8 Å². The van der Waals surface area contributed by atoms with Crippen LogP contribution in [-0.2, 0) is 0 Å². The predicted octanol–water partition coefficient (Wildman–Crippen LogP) is 3.61. The van der Waals surface area contributed by atoms with E-state index in [-0.39, 0.29) is 12.7 Å². The van der Waals surface area contributed by atoms with Crippen LogP contribution in [0, 0.1) is 23.7 Å². The Morgan fingerprint density at radius 2 is 1.72 bits per heavy atom. The van der Waals surface area contributed by atoms with Crippen LogP contribution in [0.5, 0.6) is 0 Å². The minimum absolute atomic E-state index is 0.122. The van der Waals surface area contributed by atoms with Crippen molar-refractivity contribution in [3.05, 3.63) is 0 Å². The quantitative estimate of drug-likeness (QED) is 0.730. The molecular formula is C16H32O2. The van der Waals surface area contributed by atoms with Gasteiger partial charge in [0, 0.05) is 6.61 Å². The van der Waals surface area contributed by atoms with E-state index in [9.17, 15) is 5.11 Å². The molecule has 2 heteroatoms. The third-order valence-corrected chi connectivity index (χ3v) is 4.82. The fourth-order valence-corrected chi connectivity index (χ4v) is 3.25. The van der Waals surface area contributed by atoms with Crippen molar-refractivity contribution in [2.24, 2.45) is 23.7 Å². The highest BCUT2D eigenvalue weighted by atomic mass is 16.3. The van der Waals surface area contributed by atoms with E-state index < -0.39 is 0 Å². The third kappa shape index (κ3) is 5.27. The van der Waals surface area contributed by atoms with Gasteiger partial charge in [0.25, 0.3) is 0 Å². The van der Waals surface area contributed by atoms with Gasteiger partial charge >= 0.3 is 0 Å². The summed E-state index contributed by atoms with van der Waals surface area (Å²) in [4.78, 5) is 0. The first-order chi connectivity index (χ1) is 8.54. The maximum Gasteiger partial charge on any atom is 0.0571 e. The Hall–Kier alpha value is -0.0800. The number of rotatable bonds is 7. The molecular weight excluding hydrogens is 224 g/mol. The molecule has 18 heavy (non-hydrogen) atoms. The van der Waals surface area contributed by atoms with Gasteiger partial charge in [0.05, 0.1) is 6.10 Å². The predicted molar refractivity (Wildman–Crippen MR) is 76.4 cm³/mol. The van der Waals surface area contributed by atoms with Crippen LogP contribution in [0.15, 0.2) is 0 Å². The van der Waals surface area contributed by atoms with Gasteiger partial charge in [-0.15, -0.1) is 0 Å². The lowest BCUT2D eigenvalue weighted by molar-refractivity contribution is 0.0454. The van der Waals surface area contributed by atoms with Gasteiger partial charge in [-0.25, -0.2) is 0 Å². The summed E-state index contributed by atoms with van der Waals surface area (Å²) in [5.74, 6) is 2.54. The van der Waals surface area contributed by atoms with E-state index in [4.69, 9.17) is 5.11 Å². The van der Waals surface area contributed by atoms with Crippen molar-refractivity contribution in [1.29, 1.82) is 0 Å². The van der Waals surface area contributed by atoms with Crippen molar-refractivity contribution < 1.29 is 10.2 Å². The smallest absolute Gasteiger partial charge is 0.0571 e. The van der Waals surface area contributed by atoms with Gasteiger partial charge in [-0.2, -0.15) is 0 Å². The SMILES string of the molecule is CC1CCC(C(O)CC(CCCO)C(C)C)CC1. The molecule has 0 aromatic heterocycles. The lowest BCUT2D eigenvalue weighted by Gasteiger charge is -2.32. The van der Waals surface area contributed by atoms with E-state index >= 15 is 0 Å². The Labute approximate surface area is 113 Å². The molecule has 1 aliphatic carbocycles. The van der Waals surface area contributed by atoms with E-state index in [1.54, 1.807) is 0 Å². The van der Waals surface area contributed by atoms with E-state index in [1.165, 1.54) is 25.7 Å². The average Bonchev–Trinajstić information content (AvgIpc) is 2.34. The Balaban J connectivity index is 2.37. The van der Waals surface area contributed by atoms with Crippen molar-refractivity contribution in [2.75, 3.05) is 6.61 Å². The molecule has 1 saturated carbocycles. The summed E-state index contributed by atoms with van der Waals surface area (Å²) in [5, 5.41) is 19.4. The zero-order valence-corrected chi connectivity index (χ0v) is 12.4. The number of hydrogen-bond donors (Lipinski definition) is 2. The van der Waals surface area contributed by atoms with Crippen LogP contribution in [0.4, 0.5) is 0 Å². The Bertz CT molecular complexity index is 207. The minimum Gasteiger partial charge on any atom is -0.396 e. The number of aliphatic hydroxyl groups excluding tert-OH is 2. The first kappa shape index (κ1) is 16.0. The summed E-state index contributed by atoms with van der Waals surface area (Å²) in [7, 11) is 0. The van der Waals surface area contributed by atoms with Gasteiger partial charge in [-0.1, -0.05) is 33.6 Å². The zero-order chi connectivity index (χ0) is 13.5. The van der Waals surface area contributed by atoms with Crippen LogP contribution >= 0.6 is 0 Å². The largest absolute Gasteiger partial charge is 0.396 e. The van der Waals surface area contributed by atoms with Crippen molar-refractivity contribution in [1.82, 2.24) is 0 Å². The lowest BCUT2D eigenvalue weighted by Crippen LogP contribution is -2.28. The number of hydrogen-bond acceptors (Lipinski definition) is 2. The van der Waals surface area contributed by atoms with Crippen molar-refractivity contribution in [3.63, 3.8) is 0 Å². The second kappa shape index (κ2) is 8.16.